The van der Waals surface area contributed by atoms with Gasteiger partial charge in [0.2, 0.25) is 0 Å². The molecule has 1 heterocycles. The highest BCUT2D eigenvalue weighted by atomic mass is 35.5. The van der Waals surface area contributed by atoms with Crippen LogP contribution < -0.4 is 0 Å². The van der Waals surface area contributed by atoms with Crippen LogP contribution in [0.2, 0.25) is 5.02 Å². The second-order valence-electron chi connectivity index (χ2n) is 7.40. The summed E-state index contributed by atoms with van der Waals surface area (Å²) in [6.45, 7) is 0. The number of benzene rings is 2. The molecular formula is C22H22ClNO3. The number of carbonyl (C=O) groups excluding carboxylic acids is 1. The molecule has 4 nitrogen and oxygen atoms in total. The molecule has 0 saturated heterocycles. The van der Waals surface area contributed by atoms with Crippen LogP contribution in [-0.4, -0.2) is 27.9 Å². The molecule has 140 valence electrons. The predicted molar refractivity (Wildman–Crippen MR) is 104 cm³/mol. The fourth-order valence-electron chi connectivity index (χ4n) is 4.59. The van der Waals surface area contributed by atoms with Crippen LogP contribution in [-0.2, 0) is 4.79 Å². The molecule has 0 bridgehead atoms. The molecule has 0 aromatic heterocycles. The number of amides is 1. The Morgan fingerprint density at radius 1 is 1.00 bits per heavy atom. The van der Waals surface area contributed by atoms with Gasteiger partial charge >= 0.3 is 5.97 Å². The molecule has 2 atom stereocenters. The van der Waals surface area contributed by atoms with Crippen LogP contribution in [0.25, 0.3) is 0 Å². The number of carboxylic acid groups (broad SMARTS) is 1. The molecule has 2 aromatic rings. The average Bonchev–Trinajstić information content (AvgIpc) is 2.69. The Labute approximate surface area is 163 Å². The number of nitrogens with zero attached hydrogens (tertiary/aromatic N) is 1. The Morgan fingerprint density at radius 3 is 2.33 bits per heavy atom. The Kier molecular flexibility index (Phi) is 4.92. The first-order valence-corrected chi connectivity index (χ1v) is 9.85. The SMILES string of the molecule is O=C(O)[C@H]1c2ccccc2C(=O)N(C2CCCCC2)[C@H]1c1ccc(Cl)cc1. The van der Waals surface area contributed by atoms with Crippen LogP contribution in [0, 0.1) is 0 Å². The van der Waals surface area contributed by atoms with Crippen molar-refractivity contribution in [3.05, 3.63) is 70.2 Å². The summed E-state index contributed by atoms with van der Waals surface area (Å²) in [6, 6.07) is 13.9. The summed E-state index contributed by atoms with van der Waals surface area (Å²) in [5.74, 6) is -1.76. The van der Waals surface area contributed by atoms with Gasteiger partial charge in [0, 0.05) is 16.6 Å². The lowest BCUT2D eigenvalue weighted by Crippen LogP contribution is -2.50. The Balaban J connectivity index is 1.89. The number of carbonyl (C=O) groups is 2. The summed E-state index contributed by atoms with van der Waals surface area (Å²) in [5, 5.41) is 10.7. The van der Waals surface area contributed by atoms with E-state index in [1.54, 1.807) is 36.4 Å². The standard InChI is InChI=1S/C22H22ClNO3/c23-15-12-10-14(11-13-15)20-19(22(26)27)17-8-4-5-9-18(17)21(25)24(20)16-6-2-1-3-7-16/h4-5,8-13,16,19-20H,1-3,6-7H2,(H,26,27)/t19-,20-/m0/s1. The lowest BCUT2D eigenvalue weighted by Gasteiger charge is -2.46. The third kappa shape index (κ3) is 3.23. The van der Waals surface area contributed by atoms with E-state index in [1.165, 1.54) is 6.42 Å². The molecule has 0 spiro atoms. The molecule has 0 unspecified atom stereocenters. The van der Waals surface area contributed by atoms with Crippen LogP contribution in [0.15, 0.2) is 48.5 Å². The summed E-state index contributed by atoms with van der Waals surface area (Å²) < 4.78 is 0. The first-order chi connectivity index (χ1) is 13.1. The molecule has 5 heteroatoms. The van der Waals surface area contributed by atoms with Crippen LogP contribution in [0.1, 0.15) is 65.5 Å². The molecule has 1 fully saturated rings. The van der Waals surface area contributed by atoms with Gasteiger partial charge in [0.15, 0.2) is 0 Å². The topological polar surface area (TPSA) is 57.6 Å². The van der Waals surface area contributed by atoms with Gasteiger partial charge < -0.3 is 10.0 Å². The van der Waals surface area contributed by atoms with Crippen molar-refractivity contribution in [2.75, 3.05) is 0 Å². The molecule has 1 aliphatic carbocycles. The van der Waals surface area contributed by atoms with E-state index in [1.807, 2.05) is 17.0 Å². The maximum atomic E-state index is 13.4. The first-order valence-electron chi connectivity index (χ1n) is 9.48. The van der Waals surface area contributed by atoms with E-state index in [-0.39, 0.29) is 11.9 Å². The molecule has 1 aliphatic heterocycles. The smallest absolute Gasteiger partial charge is 0.313 e. The van der Waals surface area contributed by atoms with Crippen LogP contribution in [0.5, 0.6) is 0 Å². The van der Waals surface area contributed by atoms with Crippen molar-refractivity contribution in [3.63, 3.8) is 0 Å². The monoisotopic (exact) mass is 383 g/mol. The summed E-state index contributed by atoms with van der Waals surface area (Å²) in [5.41, 5.74) is 1.93. The van der Waals surface area contributed by atoms with Gasteiger partial charge in [0.25, 0.3) is 5.91 Å². The minimum absolute atomic E-state index is 0.0602. The normalized spacial score (nSPS) is 23.1. The van der Waals surface area contributed by atoms with Crippen LogP contribution >= 0.6 is 11.6 Å². The van der Waals surface area contributed by atoms with Gasteiger partial charge in [-0.3, -0.25) is 9.59 Å². The molecule has 1 amide bonds. The van der Waals surface area contributed by atoms with E-state index in [9.17, 15) is 14.7 Å². The maximum absolute atomic E-state index is 13.4. The zero-order chi connectivity index (χ0) is 19.0. The highest BCUT2D eigenvalue weighted by Crippen LogP contribution is 2.45. The van der Waals surface area contributed by atoms with Crippen molar-refractivity contribution in [1.82, 2.24) is 4.90 Å². The van der Waals surface area contributed by atoms with Crippen molar-refractivity contribution in [1.29, 1.82) is 0 Å². The maximum Gasteiger partial charge on any atom is 0.313 e. The molecule has 27 heavy (non-hydrogen) atoms. The third-order valence-electron chi connectivity index (χ3n) is 5.82. The molecular weight excluding hydrogens is 362 g/mol. The average molecular weight is 384 g/mol. The Bertz CT molecular complexity index is 858. The van der Waals surface area contributed by atoms with Crippen molar-refractivity contribution >= 4 is 23.5 Å². The van der Waals surface area contributed by atoms with Gasteiger partial charge in [-0.05, 0) is 42.2 Å². The van der Waals surface area contributed by atoms with Gasteiger partial charge in [-0.1, -0.05) is 61.2 Å². The number of hydrogen-bond acceptors (Lipinski definition) is 2. The number of aliphatic carboxylic acids is 1. The Hall–Kier alpha value is -2.33. The van der Waals surface area contributed by atoms with Gasteiger partial charge in [-0.25, -0.2) is 0 Å². The second kappa shape index (κ2) is 7.35. The van der Waals surface area contributed by atoms with E-state index >= 15 is 0 Å². The molecule has 1 N–H and O–H groups in total. The van der Waals surface area contributed by atoms with Gasteiger partial charge in [-0.15, -0.1) is 0 Å². The van der Waals surface area contributed by atoms with Crippen molar-refractivity contribution < 1.29 is 14.7 Å². The lowest BCUT2D eigenvalue weighted by atomic mass is 9.77. The molecule has 2 aliphatic rings. The first kappa shape index (κ1) is 18.1. The quantitative estimate of drug-likeness (QED) is 0.807. The molecule has 2 aromatic carbocycles. The van der Waals surface area contributed by atoms with E-state index in [2.05, 4.69) is 0 Å². The third-order valence-corrected chi connectivity index (χ3v) is 6.07. The minimum Gasteiger partial charge on any atom is -0.481 e. The molecule has 0 radical (unpaired) electrons. The van der Waals surface area contributed by atoms with Gasteiger partial charge in [0.05, 0.1) is 6.04 Å². The molecule has 1 saturated carbocycles. The van der Waals surface area contributed by atoms with Gasteiger partial charge in [-0.2, -0.15) is 0 Å². The van der Waals surface area contributed by atoms with Crippen LogP contribution in [0.4, 0.5) is 0 Å². The fourth-order valence-corrected chi connectivity index (χ4v) is 4.72. The largest absolute Gasteiger partial charge is 0.481 e. The summed E-state index contributed by atoms with van der Waals surface area (Å²) >= 11 is 6.05. The van der Waals surface area contributed by atoms with Crippen LogP contribution in [0.3, 0.4) is 0 Å². The summed E-state index contributed by atoms with van der Waals surface area (Å²) in [4.78, 5) is 27.6. The summed E-state index contributed by atoms with van der Waals surface area (Å²) in [7, 11) is 0. The number of fused-ring (bicyclic) bond motifs is 1. The van der Waals surface area contributed by atoms with Crippen molar-refractivity contribution in [2.45, 2.75) is 50.1 Å². The van der Waals surface area contributed by atoms with Crippen molar-refractivity contribution in [2.24, 2.45) is 0 Å². The Morgan fingerprint density at radius 2 is 1.67 bits per heavy atom. The second-order valence-corrected chi connectivity index (χ2v) is 7.84. The zero-order valence-corrected chi connectivity index (χ0v) is 15.7. The van der Waals surface area contributed by atoms with Gasteiger partial charge in [0.1, 0.15) is 5.92 Å². The predicted octanol–water partition coefficient (Wildman–Crippen LogP) is 5.04. The van der Waals surface area contributed by atoms with Crippen molar-refractivity contribution in [3.8, 4) is 0 Å². The van der Waals surface area contributed by atoms with E-state index in [4.69, 9.17) is 11.6 Å². The fraction of sp³-hybridized carbons (Fsp3) is 0.364. The summed E-state index contributed by atoms with van der Waals surface area (Å²) in [6.07, 6.45) is 5.15. The van der Waals surface area contributed by atoms with E-state index < -0.39 is 17.9 Å². The number of carboxylic acids is 1. The zero-order valence-electron chi connectivity index (χ0n) is 15.0. The lowest BCUT2D eigenvalue weighted by molar-refractivity contribution is -0.141. The highest BCUT2D eigenvalue weighted by Gasteiger charge is 2.46. The molecule has 4 rings (SSSR count). The number of hydrogen-bond donors (Lipinski definition) is 1. The highest BCUT2D eigenvalue weighted by molar-refractivity contribution is 6.30. The van der Waals surface area contributed by atoms with E-state index in [0.717, 1.165) is 31.2 Å². The number of halogens is 1. The number of rotatable bonds is 3. The van der Waals surface area contributed by atoms with E-state index in [0.29, 0.717) is 16.1 Å². The minimum atomic E-state index is -0.907.